The van der Waals surface area contributed by atoms with Gasteiger partial charge in [0.2, 0.25) is 0 Å². The topological polar surface area (TPSA) is 83.0 Å². The van der Waals surface area contributed by atoms with Crippen LogP contribution in [0.4, 0.5) is 0 Å². The van der Waals surface area contributed by atoms with Gasteiger partial charge in [0.15, 0.2) is 11.0 Å². The third-order valence-corrected chi connectivity index (χ3v) is 6.72. The number of fused-ring (bicyclic) bond motifs is 2. The van der Waals surface area contributed by atoms with Crippen molar-refractivity contribution in [3.8, 4) is 5.75 Å². The molecule has 5 rings (SSSR count). The van der Waals surface area contributed by atoms with Crippen LogP contribution in [-0.4, -0.2) is 38.6 Å². The lowest BCUT2D eigenvalue weighted by molar-refractivity contribution is -0.114. The smallest absolute Gasteiger partial charge is 0.283 e. The van der Waals surface area contributed by atoms with E-state index in [1.165, 1.54) is 22.3 Å². The highest BCUT2D eigenvalue weighted by atomic mass is 32.2. The first kappa shape index (κ1) is 23.1. The number of para-hydroxylation sites is 1. The number of hydrogen-bond donors (Lipinski definition) is 1. The number of hydrazone groups is 1. The van der Waals surface area contributed by atoms with Gasteiger partial charge < -0.3 is 9.30 Å². The second-order valence-electron chi connectivity index (χ2n) is 9.53. The van der Waals surface area contributed by atoms with Crippen LogP contribution in [0.25, 0.3) is 17.0 Å². The third kappa shape index (κ3) is 4.66. The Kier molecular flexibility index (Phi) is 6.06. The summed E-state index contributed by atoms with van der Waals surface area (Å²) >= 11 is 1.24. The molecular weight excluding hydrogens is 458 g/mol. The van der Waals surface area contributed by atoms with Crippen LogP contribution in [0.5, 0.6) is 5.75 Å². The zero-order chi connectivity index (χ0) is 24.6. The summed E-state index contributed by atoms with van der Waals surface area (Å²) in [5, 5.41) is 15.4. The lowest BCUT2D eigenvalue weighted by atomic mass is 9.87. The maximum atomic E-state index is 12.6. The molecule has 7 nitrogen and oxygen atoms in total. The summed E-state index contributed by atoms with van der Waals surface area (Å²) in [5.41, 5.74) is 5.17. The lowest BCUT2D eigenvalue weighted by Gasteiger charge is -2.20. The molecule has 0 spiro atoms. The number of amidine groups is 2. The maximum Gasteiger partial charge on any atom is 0.283 e. The Morgan fingerprint density at radius 3 is 2.66 bits per heavy atom. The number of carbonyl (C=O) groups is 1. The zero-order valence-electron chi connectivity index (χ0n) is 20.0. The Morgan fingerprint density at radius 1 is 1.11 bits per heavy atom. The van der Waals surface area contributed by atoms with Crippen molar-refractivity contribution in [2.45, 2.75) is 39.2 Å². The molecule has 3 aromatic rings. The predicted octanol–water partition coefficient (Wildman–Crippen LogP) is 5.66. The number of benzene rings is 2. The number of amides is 1. The van der Waals surface area contributed by atoms with E-state index in [1.54, 1.807) is 11.6 Å². The molecule has 2 aromatic carbocycles. The lowest BCUT2D eigenvalue weighted by Crippen LogP contribution is -2.35. The summed E-state index contributed by atoms with van der Waals surface area (Å²) in [5.74, 6) is 0.503. The fraction of sp³-hybridized carbons (Fsp3) is 0.259. The van der Waals surface area contributed by atoms with Gasteiger partial charge in [0.05, 0.1) is 17.7 Å². The number of aliphatic imine (C=N–C) groups is 1. The molecule has 0 unspecified atom stereocenters. The SMILES string of the molecule is CC(C)(C)c1ccc(OCCCn2cc(C=C3C(=N)N4N=CSC4=NC3=O)c3ccccc32)cc1. The molecule has 1 aromatic heterocycles. The molecule has 1 amide bonds. The summed E-state index contributed by atoms with van der Waals surface area (Å²) < 4.78 is 8.14. The number of hydrogen-bond acceptors (Lipinski definition) is 5. The van der Waals surface area contributed by atoms with Gasteiger partial charge in [-0.05, 0) is 53.4 Å². The molecule has 178 valence electrons. The van der Waals surface area contributed by atoms with Crippen LogP contribution in [0.3, 0.4) is 0 Å². The van der Waals surface area contributed by atoms with Crippen molar-refractivity contribution in [1.29, 1.82) is 5.41 Å². The van der Waals surface area contributed by atoms with Crippen LogP contribution in [-0.2, 0) is 16.8 Å². The van der Waals surface area contributed by atoms with E-state index in [1.807, 2.05) is 36.5 Å². The van der Waals surface area contributed by atoms with Gasteiger partial charge in [0.25, 0.3) is 5.91 Å². The minimum absolute atomic E-state index is 0.0453. The highest BCUT2D eigenvalue weighted by Gasteiger charge is 2.32. The van der Waals surface area contributed by atoms with Crippen molar-refractivity contribution in [3.05, 3.63) is 71.4 Å². The number of ether oxygens (including phenoxy) is 1. The zero-order valence-corrected chi connectivity index (χ0v) is 20.8. The van der Waals surface area contributed by atoms with Gasteiger partial charge in [-0.25, -0.2) is 0 Å². The summed E-state index contributed by atoms with van der Waals surface area (Å²) in [4.78, 5) is 16.7. The Labute approximate surface area is 208 Å². The van der Waals surface area contributed by atoms with Gasteiger partial charge >= 0.3 is 0 Å². The van der Waals surface area contributed by atoms with Crippen LogP contribution in [0.1, 0.15) is 38.3 Å². The van der Waals surface area contributed by atoms with E-state index in [0.717, 1.165) is 35.2 Å². The maximum absolute atomic E-state index is 12.6. The Morgan fingerprint density at radius 2 is 1.89 bits per heavy atom. The molecule has 1 N–H and O–H groups in total. The van der Waals surface area contributed by atoms with Gasteiger partial charge in [0, 0.05) is 29.2 Å². The second-order valence-corrected chi connectivity index (χ2v) is 10.3. The van der Waals surface area contributed by atoms with Crippen molar-refractivity contribution < 1.29 is 9.53 Å². The van der Waals surface area contributed by atoms with Crippen LogP contribution in [0, 0.1) is 5.41 Å². The van der Waals surface area contributed by atoms with Gasteiger partial charge in [-0.15, -0.1) is 0 Å². The Bertz CT molecular complexity index is 1390. The number of rotatable bonds is 6. The first-order chi connectivity index (χ1) is 16.8. The van der Waals surface area contributed by atoms with E-state index >= 15 is 0 Å². The average molecular weight is 486 g/mol. The molecule has 3 heterocycles. The van der Waals surface area contributed by atoms with E-state index in [9.17, 15) is 4.79 Å². The van der Waals surface area contributed by atoms with E-state index in [2.05, 4.69) is 53.6 Å². The van der Waals surface area contributed by atoms with Gasteiger partial charge in [-0.3, -0.25) is 10.2 Å². The summed E-state index contributed by atoms with van der Waals surface area (Å²) in [7, 11) is 0. The van der Waals surface area contributed by atoms with Gasteiger partial charge in [0.1, 0.15) is 5.75 Å². The fourth-order valence-electron chi connectivity index (χ4n) is 4.14. The predicted molar refractivity (Wildman–Crippen MR) is 143 cm³/mol. The van der Waals surface area contributed by atoms with Gasteiger partial charge in [-0.1, -0.05) is 51.1 Å². The standard InChI is InChI=1S/C27H27N5O2S/c1-27(2,3)19-9-11-20(12-10-19)34-14-6-13-31-16-18(21-7-4-5-8-23(21)31)15-22-24(28)32-26(30-25(22)33)35-17-29-32/h4-5,7-12,15-17,28H,6,13-14H2,1-3H3. The molecule has 0 fully saturated rings. The number of aromatic nitrogens is 1. The molecule has 0 saturated heterocycles. The van der Waals surface area contributed by atoms with Crippen LogP contribution < -0.4 is 4.74 Å². The number of aryl methyl sites for hydroxylation is 1. The van der Waals surface area contributed by atoms with Crippen LogP contribution in [0.15, 0.2) is 70.4 Å². The van der Waals surface area contributed by atoms with E-state index < -0.39 is 5.91 Å². The highest BCUT2D eigenvalue weighted by Crippen LogP contribution is 2.29. The van der Waals surface area contributed by atoms with Crippen molar-refractivity contribution in [2.75, 3.05) is 6.61 Å². The molecule has 0 aliphatic carbocycles. The minimum Gasteiger partial charge on any atom is -0.494 e. The quantitative estimate of drug-likeness (QED) is 0.361. The molecular formula is C27H27N5O2S. The molecule has 0 bridgehead atoms. The average Bonchev–Trinajstić information content (AvgIpc) is 3.44. The largest absolute Gasteiger partial charge is 0.494 e. The van der Waals surface area contributed by atoms with Crippen molar-refractivity contribution >= 4 is 51.2 Å². The molecule has 8 heteroatoms. The Balaban J connectivity index is 1.31. The minimum atomic E-state index is -0.415. The first-order valence-electron chi connectivity index (χ1n) is 11.6. The van der Waals surface area contributed by atoms with Crippen molar-refractivity contribution in [3.63, 3.8) is 0 Å². The molecule has 2 aliphatic rings. The van der Waals surface area contributed by atoms with E-state index in [-0.39, 0.29) is 16.8 Å². The normalized spacial score (nSPS) is 16.8. The summed E-state index contributed by atoms with van der Waals surface area (Å²) in [6.07, 6.45) is 4.60. The summed E-state index contributed by atoms with van der Waals surface area (Å²) in [6, 6.07) is 16.4. The van der Waals surface area contributed by atoms with Crippen LogP contribution in [0.2, 0.25) is 0 Å². The number of nitrogens with one attached hydrogen (secondary N) is 1. The molecule has 0 radical (unpaired) electrons. The fourth-order valence-corrected chi connectivity index (χ4v) is 4.75. The molecule has 0 atom stereocenters. The second kappa shape index (κ2) is 9.19. The number of nitrogens with zero attached hydrogens (tertiary/aromatic N) is 4. The molecule has 35 heavy (non-hydrogen) atoms. The monoisotopic (exact) mass is 485 g/mol. The van der Waals surface area contributed by atoms with Crippen molar-refractivity contribution in [2.24, 2.45) is 10.1 Å². The molecule has 0 saturated carbocycles. The van der Waals surface area contributed by atoms with E-state index in [4.69, 9.17) is 10.1 Å². The third-order valence-electron chi connectivity index (χ3n) is 6.05. The molecule has 2 aliphatic heterocycles. The van der Waals surface area contributed by atoms with Crippen molar-refractivity contribution in [1.82, 2.24) is 9.58 Å². The number of carbonyl (C=O) groups excluding carboxylic acids is 1. The van der Waals surface area contributed by atoms with Crippen LogP contribution >= 0.6 is 11.8 Å². The summed E-state index contributed by atoms with van der Waals surface area (Å²) in [6.45, 7) is 7.97. The first-order valence-corrected chi connectivity index (χ1v) is 12.4. The highest BCUT2D eigenvalue weighted by molar-refractivity contribution is 8.25. The van der Waals surface area contributed by atoms with E-state index in [0.29, 0.717) is 11.8 Å². The Hall–Kier alpha value is -3.65. The van der Waals surface area contributed by atoms with Gasteiger partial charge in [-0.2, -0.15) is 15.1 Å². The number of thioether (sulfide) groups is 1.